The average molecular weight is 368 g/mol. The topological polar surface area (TPSA) is 85.9 Å². The summed E-state index contributed by atoms with van der Waals surface area (Å²) in [5, 5.41) is 17.1. The second-order valence-corrected chi connectivity index (χ2v) is 6.22. The van der Waals surface area contributed by atoms with E-state index in [2.05, 4.69) is 16.7 Å². The van der Waals surface area contributed by atoms with Crippen molar-refractivity contribution < 1.29 is 9.34 Å². The molecule has 7 nitrogen and oxygen atoms in total. The Morgan fingerprint density at radius 3 is 2.73 bits per heavy atom. The Kier molecular flexibility index (Phi) is 5.23. The van der Waals surface area contributed by atoms with E-state index in [4.69, 9.17) is 4.42 Å². The van der Waals surface area contributed by atoms with Crippen LogP contribution in [0.5, 0.6) is 0 Å². The predicted molar refractivity (Wildman–Crippen MR) is 101 cm³/mol. The molecule has 0 aliphatic carbocycles. The van der Waals surface area contributed by atoms with Crippen LogP contribution in [-0.4, -0.2) is 22.4 Å². The molecule has 0 atom stereocenters. The van der Waals surface area contributed by atoms with Crippen LogP contribution in [0.25, 0.3) is 11.3 Å². The number of thiazole rings is 1. The van der Waals surface area contributed by atoms with Crippen molar-refractivity contribution >= 4 is 23.4 Å². The van der Waals surface area contributed by atoms with Crippen LogP contribution in [0.2, 0.25) is 0 Å². The van der Waals surface area contributed by atoms with Crippen LogP contribution in [-0.2, 0) is 0 Å². The molecule has 0 radical (unpaired) electrons. The van der Waals surface area contributed by atoms with Gasteiger partial charge < -0.3 is 4.42 Å². The van der Waals surface area contributed by atoms with Gasteiger partial charge in [-0.05, 0) is 13.0 Å². The summed E-state index contributed by atoms with van der Waals surface area (Å²) in [6.07, 6.45) is 3.14. The monoisotopic (exact) mass is 368 g/mol. The van der Waals surface area contributed by atoms with Crippen LogP contribution in [0.3, 0.4) is 0 Å². The van der Waals surface area contributed by atoms with Gasteiger partial charge in [0.2, 0.25) is 4.80 Å². The summed E-state index contributed by atoms with van der Waals surface area (Å²) in [7, 11) is 0. The second-order valence-electron chi connectivity index (χ2n) is 5.39. The van der Waals surface area contributed by atoms with Gasteiger partial charge in [-0.15, -0.1) is 17.9 Å². The number of aryl methyl sites for hydroxylation is 1. The zero-order valence-electron chi connectivity index (χ0n) is 14.0. The zero-order chi connectivity index (χ0) is 18.5. The van der Waals surface area contributed by atoms with Crippen LogP contribution in [0.15, 0.2) is 68.9 Å². The molecule has 1 aromatic carbocycles. The lowest BCUT2D eigenvalue weighted by Crippen LogP contribution is -2.12. The first-order valence-corrected chi connectivity index (χ1v) is 8.64. The van der Waals surface area contributed by atoms with Gasteiger partial charge in [0.25, 0.3) is 0 Å². The molecule has 3 rings (SSSR count). The van der Waals surface area contributed by atoms with Crippen molar-refractivity contribution in [2.75, 3.05) is 6.54 Å². The molecule has 2 aromatic heterocycles. The van der Waals surface area contributed by atoms with Gasteiger partial charge in [-0.2, -0.15) is 5.10 Å². The van der Waals surface area contributed by atoms with Crippen molar-refractivity contribution in [1.82, 2.24) is 4.68 Å². The van der Waals surface area contributed by atoms with Crippen molar-refractivity contribution in [1.29, 1.82) is 0 Å². The minimum atomic E-state index is -0.586. The summed E-state index contributed by atoms with van der Waals surface area (Å²) in [5.41, 5.74) is 3.03. The lowest BCUT2D eigenvalue weighted by Gasteiger charge is -2.03. The minimum absolute atomic E-state index is 0.292. The van der Waals surface area contributed by atoms with Crippen molar-refractivity contribution in [3.05, 3.63) is 80.7 Å². The first kappa shape index (κ1) is 17.6. The maximum absolute atomic E-state index is 10.7. The maximum Gasteiger partial charge on any atom is 0.433 e. The number of hydrogen-bond donors (Lipinski definition) is 0. The normalized spacial score (nSPS) is 12.0. The molecule has 0 amide bonds. The number of benzene rings is 1. The maximum atomic E-state index is 10.7. The van der Waals surface area contributed by atoms with Gasteiger partial charge in [0.05, 0.1) is 24.5 Å². The van der Waals surface area contributed by atoms with Crippen LogP contribution in [0.4, 0.5) is 5.88 Å². The van der Waals surface area contributed by atoms with E-state index in [9.17, 15) is 10.1 Å². The highest BCUT2D eigenvalue weighted by Gasteiger charge is 2.11. The molecule has 132 valence electrons. The Hall–Kier alpha value is -3.26. The molecule has 0 spiro atoms. The Bertz CT molecular complexity index is 1030. The molecule has 3 aromatic rings. The number of hydrogen-bond acceptors (Lipinski definition) is 6. The standard InChI is InChI=1S/C18H16N4O3S/c1-3-10-19-18-21(20-11-15-8-9-17(25-15)22(23)24)16(12-26-18)14-6-4-13(2)5-7-14/h3-9,11-12H,1,10H2,2H3. The van der Waals surface area contributed by atoms with Gasteiger partial charge in [-0.1, -0.05) is 35.9 Å². The Morgan fingerprint density at radius 2 is 2.08 bits per heavy atom. The lowest BCUT2D eigenvalue weighted by atomic mass is 10.1. The summed E-state index contributed by atoms with van der Waals surface area (Å²) in [4.78, 5) is 15.3. The van der Waals surface area contributed by atoms with Crippen molar-refractivity contribution in [3.8, 4) is 11.3 Å². The molecule has 8 heteroatoms. The number of nitrogens with zero attached hydrogens (tertiary/aromatic N) is 4. The van der Waals surface area contributed by atoms with Crippen molar-refractivity contribution in [2.24, 2.45) is 10.1 Å². The fourth-order valence-electron chi connectivity index (χ4n) is 2.21. The highest BCUT2D eigenvalue weighted by atomic mass is 32.1. The number of aromatic nitrogens is 1. The molecule has 0 fully saturated rings. The summed E-state index contributed by atoms with van der Waals surface area (Å²) in [6, 6.07) is 10.9. The van der Waals surface area contributed by atoms with Gasteiger partial charge in [-0.25, -0.2) is 4.68 Å². The molecule has 0 bridgehead atoms. The van der Waals surface area contributed by atoms with Crippen molar-refractivity contribution in [3.63, 3.8) is 0 Å². The smallest absolute Gasteiger partial charge is 0.400 e. The highest BCUT2D eigenvalue weighted by Crippen LogP contribution is 2.21. The van der Waals surface area contributed by atoms with E-state index >= 15 is 0 Å². The Labute approximate surface area is 153 Å². The van der Waals surface area contributed by atoms with E-state index < -0.39 is 4.92 Å². The van der Waals surface area contributed by atoms with E-state index in [-0.39, 0.29) is 5.88 Å². The molecule has 0 aliphatic rings. The van der Waals surface area contributed by atoms with E-state index in [0.717, 1.165) is 11.3 Å². The molecular weight excluding hydrogens is 352 g/mol. The lowest BCUT2D eigenvalue weighted by molar-refractivity contribution is -0.402. The molecule has 0 saturated heterocycles. The summed E-state index contributed by atoms with van der Waals surface area (Å²) >= 11 is 1.46. The predicted octanol–water partition coefficient (Wildman–Crippen LogP) is 4.00. The third-order valence-electron chi connectivity index (χ3n) is 3.48. The van der Waals surface area contributed by atoms with Crippen LogP contribution in [0.1, 0.15) is 11.3 Å². The van der Waals surface area contributed by atoms with E-state index in [1.807, 2.05) is 36.6 Å². The van der Waals surface area contributed by atoms with E-state index in [1.165, 1.54) is 35.2 Å². The Morgan fingerprint density at radius 1 is 1.31 bits per heavy atom. The molecule has 2 heterocycles. The molecule has 0 N–H and O–H groups in total. The highest BCUT2D eigenvalue weighted by molar-refractivity contribution is 7.07. The van der Waals surface area contributed by atoms with E-state index in [1.54, 1.807) is 10.8 Å². The van der Waals surface area contributed by atoms with E-state index in [0.29, 0.717) is 17.1 Å². The average Bonchev–Trinajstić information content (AvgIpc) is 3.26. The van der Waals surface area contributed by atoms with Crippen LogP contribution in [0, 0.1) is 17.0 Å². The molecule has 0 unspecified atom stereocenters. The minimum Gasteiger partial charge on any atom is -0.400 e. The summed E-state index contributed by atoms with van der Waals surface area (Å²) in [6.45, 7) is 6.17. The second kappa shape index (κ2) is 7.75. The SMILES string of the molecule is C=CCN=c1scc(-c2ccc(C)cc2)n1N=Cc1ccc([N+](=O)[O-])o1. The van der Waals surface area contributed by atoms with Gasteiger partial charge in [0.1, 0.15) is 4.92 Å². The molecule has 0 saturated carbocycles. The number of rotatable bonds is 6. The number of nitro groups is 1. The van der Waals surface area contributed by atoms with Gasteiger partial charge in [0.15, 0.2) is 5.76 Å². The fourth-order valence-corrected chi connectivity index (χ4v) is 3.06. The fraction of sp³-hybridized carbons (Fsp3) is 0.111. The quantitative estimate of drug-likeness (QED) is 0.285. The largest absolute Gasteiger partial charge is 0.433 e. The molecular formula is C18H16N4O3S. The third kappa shape index (κ3) is 3.86. The number of furan rings is 1. The third-order valence-corrected chi connectivity index (χ3v) is 4.34. The van der Waals surface area contributed by atoms with Crippen LogP contribution >= 0.6 is 11.3 Å². The zero-order valence-corrected chi connectivity index (χ0v) is 14.8. The Balaban J connectivity index is 2.03. The van der Waals surface area contributed by atoms with Gasteiger partial charge >= 0.3 is 5.88 Å². The first-order valence-electron chi connectivity index (χ1n) is 7.76. The van der Waals surface area contributed by atoms with Crippen LogP contribution < -0.4 is 4.80 Å². The summed E-state index contributed by atoms with van der Waals surface area (Å²) < 4.78 is 6.81. The van der Waals surface area contributed by atoms with Gasteiger partial charge in [-0.3, -0.25) is 15.1 Å². The van der Waals surface area contributed by atoms with Crippen molar-refractivity contribution in [2.45, 2.75) is 6.92 Å². The molecule has 0 aliphatic heterocycles. The summed E-state index contributed by atoms with van der Waals surface area (Å²) in [5.74, 6) is -0.0305. The van der Waals surface area contributed by atoms with Gasteiger partial charge in [0, 0.05) is 10.9 Å². The first-order chi connectivity index (χ1) is 12.6. The molecule has 26 heavy (non-hydrogen) atoms.